The molecule has 0 bridgehead atoms. The van der Waals surface area contributed by atoms with Gasteiger partial charge in [-0.15, -0.1) is 0 Å². The molecule has 1 atom stereocenters. The Morgan fingerprint density at radius 3 is 2.12 bits per heavy atom. The molecule has 3 heteroatoms. The molecule has 1 fully saturated rings. The lowest BCUT2D eigenvalue weighted by Crippen LogP contribution is -2.44. The van der Waals surface area contributed by atoms with Gasteiger partial charge in [-0.25, -0.2) is 0 Å². The third-order valence-electron chi connectivity index (χ3n) is 3.66. The average Bonchev–Trinajstić information content (AvgIpc) is 3.11. The Hall–Kier alpha value is 0.137. The summed E-state index contributed by atoms with van der Waals surface area (Å²) in [4.78, 5) is 0. The highest BCUT2D eigenvalue weighted by Crippen LogP contribution is 2.49. The predicted molar refractivity (Wildman–Crippen MR) is 75.5 cm³/mol. The molecule has 1 aliphatic carbocycles. The van der Waals surface area contributed by atoms with E-state index < -0.39 is 8.56 Å². The van der Waals surface area contributed by atoms with E-state index in [-0.39, 0.29) is 0 Å². The Kier molecular flexibility index (Phi) is 6.74. The van der Waals surface area contributed by atoms with E-state index in [1.807, 2.05) is 0 Å². The van der Waals surface area contributed by atoms with Crippen LogP contribution < -0.4 is 0 Å². The van der Waals surface area contributed by atoms with Crippen molar-refractivity contribution in [3.63, 3.8) is 0 Å². The summed E-state index contributed by atoms with van der Waals surface area (Å²) >= 11 is 0. The summed E-state index contributed by atoms with van der Waals surface area (Å²) in [6.45, 7) is 10.5. The first kappa shape index (κ1) is 15.2. The van der Waals surface area contributed by atoms with Crippen molar-refractivity contribution < 1.29 is 8.85 Å². The molecule has 0 N–H and O–H groups in total. The normalized spacial score (nSPS) is 18.4. The first-order valence-corrected chi connectivity index (χ1v) is 9.56. The van der Waals surface area contributed by atoms with Crippen LogP contribution in [0.5, 0.6) is 0 Å². The van der Waals surface area contributed by atoms with Crippen molar-refractivity contribution in [1.29, 1.82) is 0 Å². The lowest BCUT2D eigenvalue weighted by Gasteiger charge is -2.32. The second-order valence-electron chi connectivity index (χ2n) is 5.40. The zero-order valence-electron chi connectivity index (χ0n) is 12.1. The second kappa shape index (κ2) is 7.55. The van der Waals surface area contributed by atoms with Crippen LogP contribution in [-0.4, -0.2) is 21.8 Å². The smallest absolute Gasteiger partial charge is 0.341 e. The maximum Gasteiger partial charge on any atom is 0.341 e. The average molecular weight is 258 g/mol. The molecule has 17 heavy (non-hydrogen) atoms. The molecular formula is C14H30O2Si. The topological polar surface area (TPSA) is 18.5 Å². The predicted octanol–water partition coefficient (Wildman–Crippen LogP) is 4.49. The zero-order valence-corrected chi connectivity index (χ0v) is 13.1. The molecule has 1 aliphatic rings. The summed E-state index contributed by atoms with van der Waals surface area (Å²) in [6.07, 6.45) is 6.65. The summed E-state index contributed by atoms with van der Waals surface area (Å²) in [6, 6.07) is 1.21. The van der Waals surface area contributed by atoms with Crippen LogP contribution in [0.2, 0.25) is 11.6 Å². The summed E-state index contributed by atoms with van der Waals surface area (Å²) in [7, 11) is -1.87. The minimum atomic E-state index is -1.87. The van der Waals surface area contributed by atoms with Gasteiger partial charge in [0.25, 0.3) is 0 Å². The van der Waals surface area contributed by atoms with E-state index in [1.165, 1.54) is 38.1 Å². The van der Waals surface area contributed by atoms with Crippen LogP contribution in [0.3, 0.4) is 0 Å². The molecule has 0 aromatic carbocycles. The van der Waals surface area contributed by atoms with E-state index in [2.05, 4.69) is 27.7 Å². The van der Waals surface area contributed by atoms with Crippen LogP contribution in [0, 0.1) is 5.92 Å². The molecular weight excluding hydrogens is 228 g/mol. The van der Waals surface area contributed by atoms with Gasteiger partial charge in [0.2, 0.25) is 0 Å². The fourth-order valence-electron chi connectivity index (χ4n) is 2.71. The van der Waals surface area contributed by atoms with Gasteiger partial charge in [-0.2, -0.15) is 0 Å². The fourth-order valence-corrected chi connectivity index (χ4v) is 7.04. The van der Waals surface area contributed by atoms with Crippen molar-refractivity contribution in [3.05, 3.63) is 0 Å². The number of unbranched alkanes of at least 4 members (excludes halogenated alkanes) is 1. The Morgan fingerprint density at radius 2 is 1.71 bits per heavy atom. The lowest BCUT2D eigenvalue weighted by molar-refractivity contribution is 0.175. The van der Waals surface area contributed by atoms with Gasteiger partial charge >= 0.3 is 8.56 Å². The number of hydrogen-bond donors (Lipinski definition) is 0. The summed E-state index contributed by atoms with van der Waals surface area (Å²) in [5.74, 6) is 0.764. The summed E-state index contributed by atoms with van der Waals surface area (Å²) in [5, 5.41) is 0. The lowest BCUT2D eigenvalue weighted by atomic mass is 10.1. The van der Waals surface area contributed by atoms with Crippen LogP contribution >= 0.6 is 0 Å². The minimum Gasteiger partial charge on any atom is -0.394 e. The van der Waals surface area contributed by atoms with Gasteiger partial charge in [-0.3, -0.25) is 0 Å². The number of hydrogen-bond acceptors (Lipinski definition) is 2. The first-order chi connectivity index (χ1) is 8.18. The Morgan fingerprint density at radius 1 is 1.12 bits per heavy atom. The zero-order chi connectivity index (χ0) is 12.7. The molecule has 1 saturated carbocycles. The van der Waals surface area contributed by atoms with Crippen molar-refractivity contribution >= 4 is 8.56 Å². The maximum atomic E-state index is 6.16. The standard InChI is InChI=1S/C14H30O2Si/c1-5-8-9-13(4)12-17(15-6-2,16-7-3)14-10-11-14/h13-14H,5-12H2,1-4H3. The van der Waals surface area contributed by atoms with Crippen molar-refractivity contribution in [2.45, 2.75) is 71.4 Å². The molecule has 0 heterocycles. The molecule has 0 radical (unpaired) electrons. The van der Waals surface area contributed by atoms with Gasteiger partial charge in [0.15, 0.2) is 0 Å². The molecule has 0 aromatic heterocycles. The highest BCUT2D eigenvalue weighted by Gasteiger charge is 2.51. The van der Waals surface area contributed by atoms with Crippen LogP contribution in [0.25, 0.3) is 0 Å². The van der Waals surface area contributed by atoms with E-state index in [1.54, 1.807) is 0 Å². The first-order valence-electron chi connectivity index (χ1n) is 7.46. The molecule has 0 aromatic rings. The molecule has 0 saturated heterocycles. The van der Waals surface area contributed by atoms with Crippen molar-refractivity contribution in [2.24, 2.45) is 5.92 Å². The van der Waals surface area contributed by atoms with E-state index in [0.29, 0.717) is 0 Å². The molecule has 0 aliphatic heterocycles. The quantitative estimate of drug-likeness (QED) is 0.537. The monoisotopic (exact) mass is 258 g/mol. The van der Waals surface area contributed by atoms with Crippen LogP contribution in [-0.2, 0) is 8.85 Å². The Balaban J connectivity index is 2.54. The third kappa shape index (κ3) is 4.72. The highest BCUT2D eigenvalue weighted by atomic mass is 28.4. The highest BCUT2D eigenvalue weighted by molar-refractivity contribution is 6.69. The van der Waals surface area contributed by atoms with Crippen LogP contribution in [0.1, 0.15) is 59.8 Å². The molecule has 1 rings (SSSR count). The maximum absolute atomic E-state index is 6.16. The van der Waals surface area contributed by atoms with Gasteiger partial charge in [0, 0.05) is 18.8 Å². The van der Waals surface area contributed by atoms with Gasteiger partial charge < -0.3 is 8.85 Å². The minimum absolute atomic E-state index is 0.764. The van der Waals surface area contributed by atoms with Crippen LogP contribution in [0.4, 0.5) is 0 Å². The van der Waals surface area contributed by atoms with Gasteiger partial charge in [-0.05, 0) is 38.7 Å². The largest absolute Gasteiger partial charge is 0.394 e. The van der Waals surface area contributed by atoms with Gasteiger partial charge in [0.05, 0.1) is 0 Å². The van der Waals surface area contributed by atoms with Crippen molar-refractivity contribution in [2.75, 3.05) is 13.2 Å². The molecule has 2 nitrogen and oxygen atoms in total. The van der Waals surface area contributed by atoms with E-state index in [9.17, 15) is 0 Å². The molecule has 102 valence electrons. The van der Waals surface area contributed by atoms with Crippen molar-refractivity contribution in [1.82, 2.24) is 0 Å². The van der Waals surface area contributed by atoms with E-state index in [0.717, 1.165) is 24.7 Å². The van der Waals surface area contributed by atoms with Gasteiger partial charge in [-0.1, -0.05) is 33.1 Å². The molecule has 1 unspecified atom stereocenters. The Labute approximate surface area is 108 Å². The second-order valence-corrected chi connectivity index (χ2v) is 8.83. The summed E-state index contributed by atoms with van der Waals surface area (Å²) in [5.41, 5.74) is 0.784. The van der Waals surface area contributed by atoms with Crippen LogP contribution in [0.15, 0.2) is 0 Å². The third-order valence-corrected chi connectivity index (χ3v) is 8.30. The van der Waals surface area contributed by atoms with E-state index in [4.69, 9.17) is 8.85 Å². The fraction of sp³-hybridized carbons (Fsp3) is 1.00. The Bertz CT molecular complexity index is 198. The molecule has 0 amide bonds. The van der Waals surface area contributed by atoms with E-state index >= 15 is 0 Å². The molecule has 0 spiro atoms. The van der Waals surface area contributed by atoms with Gasteiger partial charge in [0.1, 0.15) is 0 Å². The number of rotatable bonds is 10. The van der Waals surface area contributed by atoms with Crippen molar-refractivity contribution in [3.8, 4) is 0 Å². The SMILES string of the molecule is CCCCC(C)C[Si](OCC)(OCC)C1CC1. The summed E-state index contributed by atoms with van der Waals surface area (Å²) < 4.78 is 12.3.